The van der Waals surface area contributed by atoms with Crippen LogP contribution in [-0.2, 0) is 10.8 Å². The average Bonchev–Trinajstić information content (AvgIpc) is 4.01. The Balaban J connectivity index is 0.844. The monoisotopic (exact) mass is 794 g/mol. The highest BCUT2D eigenvalue weighted by molar-refractivity contribution is 6.19. The topological polar surface area (TPSA) is 26.3 Å². The lowest BCUT2D eigenvalue weighted by Crippen LogP contribution is -2.15. The van der Waals surface area contributed by atoms with E-state index in [4.69, 9.17) is 8.83 Å². The first-order valence-corrected chi connectivity index (χ1v) is 21.7. The van der Waals surface area contributed by atoms with E-state index in [-0.39, 0.29) is 10.8 Å². The quantitative estimate of drug-likeness (QED) is 0.177. The fraction of sp³-hybridized carbons (Fsp3) is 0.100. The molecule has 2 heterocycles. The molecule has 0 radical (unpaired) electrons. The second kappa shape index (κ2) is 12.6. The van der Waals surface area contributed by atoms with Gasteiger partial charge in [0, 0.05) is 32.4 Å². The Hall–Kier alpha value is -7.42. The fourth-order valence-corrected chi connectivity index (χ4v) is 10.9. The van der Waals surface area contributed by atoms with Crippen molar-refractivity contribution in [1.82, 2.24) is 0 Å². The van der Waals surface area contributed by atoms with Gasteiger partial charge in [0.15, 0.2) is 11.2 Å². The Kier molecular flexibility index (Phi) is 7.16. The lowest BCUT2D eigenvalue weighted by atomic mass is 9.81. The molecule has 2 aromatic heterocycles. The van der Waals surface area contributed by atoms with Crippen molar-refractivity contribution in [3.05, 3.63) is 204 Å². The van der Waals surface area contributed by atoms with Crippen LogP contribution in [0.2, 0.25) is 0 Å². The summed E-state index contributed by atoms with van der Waals surface area (Å²) in [5, 5.41) is 4.31. The van der Waals surface area contributed by atoms with Crippen LogP contribution in [0.1, 0.15) is 49.9 Å². The molecule has 0 unspecified atom stereocenters. The van der Waals surface area contributed by atoms with Crippen LogP contribution < -0.4 is 0 Å². The van der Waals surface area contributed by atoms with Gasteiger partial charge in [0.1, 0.15) is 11.2 Å². The van der Waals surface area contributed by atoms with Crippen molar-refractivity contribution >= 4 is 43.9 Å². The molecule has 2 heteroatoms. The highest BCUT2D eigenvalue weighted by atomic mass is 16.4. The van der Waals surface area contributed by atoms with Gasteiger partial charge >= 0.3 is 0 Å². The van der Waals surface area contributed by atoms with Gasteiger partial charge in [-0.2, -0.15) is 0 Å². The van der Waals surface area contributed by atoms with Crippen LogP contribution >= 0.6 is 0 Å². The molecular formula is C60H42O2. The van der Waals surface area contributed by atoms with E-state index in [0.717, 1.165) is 55.0 Å². The van der Waals surface area contributed by atoms with Gasteiger partial charge in [-0.1, -0.05) is 149 Å². The lowest BCUT2D eigenvalue weighted by Gasteiger charge is -2.22. The van der Waals surface area contributed by atoms with E-state index >= 15 is 0 Å². The van der Waals surface area contributed by atoms with Crippen molar-refractivity contribution in [2.75, 3.05) is 0 Å². The molecule has 0 aliphatic heterocycles. The number of hydrogen-bond donors (Lipinski definition) is 0. The minimum Gasteiger partial charge on any atom is -0.452 e. The van der Waals surface area contributed by atoms with Crippen molar-refractivity contribution in [2.24, 2.45) is 0 Å². The minimum absolute atomic E-state index is 0.127. The Morgan fingerprint density at radius 3 is 0.919 bits per heavy atom. The number of benzene rings is 9. The van der Waals surface area contributed by atoms with Crippen molar-refractivity contribution in [2.45, 2.75) is 38.5 Å². The number of furan rings is 2. The first-order valence-electron chi connectivity index (χ1n) is 21.7. The normalized spacial score (nSPS) is 14.4. The maximum Gasteiger partial charge on any atom is 0.178 e. The average molecular weight is 795 g/mol. The fourth-order valence-electron chi connectivity index (χ4n) is 10.9. The molecule has 0 saturated heterocycles. The SMILES string of the molecule is CC1(C)c2cc(-c3ccccc3)ccc2-c2ccc(-c3ccc4c(c3)oc3c4ccc4c5ccc(-c6ccc7c(c6)C(C)(C)c6cc(-c8ccccc8)ccc6-7)cc5oc43)cc21. The predicted molar refractivity (Wildman–Crippen MR) is 258 cm³/mol. The van der Waals surface area contributed by atoms with Crippen LogP contribution in [0.3, 0.4) is 0 Å². The largest absolute Gasteiger partial charge is 0.452 e. The van der Waals surface area contributed by atoms with Crippen LogP contribution in [0.25, 0.3) is 111 Å². The van der Waals surface area contributed by atoms with E-state index in [0.29, 0.717) is 0 Å². The Morgan fingerprint density at radius 2 is 0.565 bits per heavy atom. The summed E-state index contributed by atoms with van der Waals surface area (Å²) in [4.78, 5) is 0. The molecule has 11 aromatic rings. The molecule has 0 N–H and O–H groups in total. The molecule has 9 aromatic carbocycles. The van der Waals surface area contributed by atoms with Gasteiger partial charge in [-0.25, -0.2) is 0 Å². The van der Waals surface area contributed by atoms with Crippen molar-refractivity contribution < 1.29 is 8.83 Å². The Morgan fingerprint density at radius 1 is 0.274 bits per heavy atom. The van der Waals surface area contributed by atoms with Gasteiger partial charge < -0.3 is 8.83 Å². The van der Waals surface area contributed by atoms with Gasteiger partial charge in [-0.05, 0) is 150 Å². The summed E-state index contributed by atoms with van der Waals surface area (Å²) < 4.78 is 13.5. The smallest absolute Gasteiger partial charge is 0.178 e. The summed E-state index contributed by atoms with van der Waals surface area (Å²) in [5.74, 6) is 0. The number of fused-ring (bicyclic) bond motifs is 13. The molecule has 0 bridgehead atoms. The van der Waals surface area contributed by atoms with Crippen molar-refractivity contribution in [3.8, 4) is 66.8 Å². The molecule has 13 rings (SSSR count). The second-order valence-electron chi connectivity index (χ2n) is 18.5. The number of hydrogen-bond acceptors (Lipinski definition) is 2. The molecule has 294 valence electrons. The summed E-state index contributed by atoms with van der Waals surface area (Å²) in [6, 6.07) is 66.8. The summed E-state index contributed by atoms with van der Waals surface area (Å²) >= 11 is 0. The maximum absolute atomic E-state index is 6.76. The zero-order chi connectivity index (χ0) is 41.5. The van der Waals surface area contributed by atoms with Crippen molar-refractivity contribution in [3.63, 3.8) is 0 Å². The molecule has 62 heavy (non-hydrogen) atoms. The third-order valence-electron chi connectivity index (χ3n) is 14.3. The van der Waals surface area contributed by atoms with E-state index < -0.39 is 0 Å². The van der Waals surface area contributed by atoms with Gasteiger partial charge in [0.2, 0.25) is 0 Å². The van der Waals surface area contributed by atoms with Crippen LogP contribution in [0, 0.1) is 0 Å². The van der Waals surface area contributed by atoms with Gasteiger partial charge in [-0.15, -0.1) is 0 Å². The van der Waals surface area contributed by atoms with Gasteiger partial charge in [0.05, 0.1) is 0 Å². The summed E-state index contributed by atoms with van der Waals surface area (Å²) in [5.41, 5.74) is 23.5. The van der Waals surface area contributed by atoms with E-state index in [1.807, 2.05) is 0 Å². The summed E-state index contributed by atoms with van der Waals surface area (Å²) in [6.45, 7) is 9.42. The van der Waals surface area contributed by atoms with E-state index in [1.165, 1.54) is 77.9 Å². The highest BCUT2D eigenvalue weighted by Crippen LogP contribution is 2.53. The summed E-state index contributed by atoms with van der Waals surface area (Å²) in [6.07, 6.45) is 0. The van der Waals surface area contributed by atoms with Crippen molar-refractivity contribution in [1.29, 1.82) is 0 Å². The van der Waals surface area contributed by atoms with Crippen LogP contribution in [0.5, 0.6) is 0 Å². The third-order valence-corrected chi connectivity index (χ3v) is 14.3. The highest BCUT2D eigenvalue weighted by Gasteiger charge is 2.37. The third kappa shape index (κ3) is 4.98. The first kappa shape index (κ1) is 35.3. The van der Waals surface area contributed by atoms with E-state index in [9.17, 15) is 0 Å². The molecule has 0 atom stereocenters. The molecule has 2 aliphatic carbocycles. The summed E-state index contributed by atoms with van der Waals surface area (Å²) in [7, 11) is 0. The molecule has 2 aliphatic rings. The molecule has 2 nitrogen and oxygen atoms in total. The minimum atomic E-state index is -0.127. The Labute approximate surface area is 360 Å². The van der Waals surface area contributed by atoms with E-state index in [1.54, 1.807) is 0 Å². The molecular weight excluding hydrogens is 753 g/mol. The molecule has 0 spiro atoms. The first-order chi connectivity index (χ1) is 30.2. The second-order valence-corrected chi connectivity index (χ2v) is 18.5. The van der Waals surface area contributed by atoms with Crippen LogP contribution in [0.4, 0.5) is 0 Å². The zero-order valence-corrected chi connectivity index (χ0v) is 35.1. The zero-order valence-electron chi connectivity index (χ0n) is 35.1. The van der Waals surface area contributed by atoms with Gasteiger partial charge in [0.25, 0.3) is 0 Å². The standard InChI is InChI=1S/C60H42O2/c1-59(2)51-29-37(35-11-7-5-8-12-35)15-21-43(51)45-23-17-39(31-53(45)59)41-19-25-47-49-27-28-50-48-26-20-42(34-56(48)62-58(50)57(49)61-55(47)33-41)40-18-24-46-44-22-16-38(36-13-9-6-10-14-36)30-52(44)60(3,4)54(46)32-40/h5-34H,1-4H3. The molecule has 0 amide bonds. The number of rotatable bonds is 4. The lowest BCUT2D eigenvalue weighted by molar-refractivity contribution is 0.633. The molecule has 0 saturated carbocycles. The van der Waals surface area contributed by atoms with Crippen LogP contribution in [-0.4, -0.2) is 0 Å². The predicted octanol–water partition coefficient (Wildman–Crippen LogP) is 16.8. The van der Waals surface area contributed by atoms with Crippen LogP contribution in [0.15, 0.2) is 191 Å². The van der Waals surface area contributed by atoms with E-state index in [2.05, 4.69) is 210 Å². The Bertz CT molecular complexity index is 3430. The van der Waals surface area contributed by atoms with Gasteiger partial charge in [-0.3, -0.25) is 0 Å². The molecule has 0 fully saturated rings. The maximum atomic E-state index is 6.76.